The molecule has 7 heteroatoms. The summed E-state index contributed by atoms with van der Waals surface area (Å²) in [5.41, 5.74) is 0.453. The predicted molar refractivity (Wildman–Crippen MR) is 120 cm³/mol. The molecule has 2 bridgehead atoms. The Hall–Kier alpha value is -2.41. The van der Waals surface area contributed by atoms with Crippen LogP contribution < -0.4 is 0 Å². The number of nitrogens with zero attached hydrogens (tertiary/aromatic N) is 1. The number of amides is 2. The van der Waals surface area contributed by atoms with Crippen LogP contribution in [0.1, 0.15) is 30.1 Å². The number of benzene rings is 1. The van der Waals surface area contributed by atoms with Crippen molar-refractivity contribution in [3.63, 3.8) is 0 Å². The third-order valence-corrected chi connectivity index (χ3v) is 8.24. The van der Waals surface area contributed by atoms with Crippen molar-refractivity contribution in [2.24, 2.45) is 35.5 Å². The Morgan fingerprint density at radius 1 is 1.06 bits per heavy atom. The first-order valence-electron chi connectivity index (χ1n) is 11.3. The second-order valence-electron chi connectivity index (χ2n) is 9.31. The van der Waals surface area contributed by atoms with E-state index in [4.69, 9.17) is 4.74 Å². The maximum atomic E-state index is 13.4. The Morgan fingerprint density at radius 2 is 1.66 bits per heavy atom. The lowest BCUT2D eigenvalue weighted by Crippen LogP contribution is -2.48. The van der Waals surface area contributed by atoms with Crippen LogP contribution in [0.5, 0.6) is 0 Å². The van der Waals surface area contributed by atoms with Crippen LogP contribution in [0.25, 0.3) is 0 Å². The zero-order chi connectivity index (χ0) is 22.6. The van der Waals surface area contributed by atoms with E-state index in [1.54, 1.807) is 36.0 Å². The molecule has 32 heavy (non-hydrogen) atoms. The maximum Gasteiger partial charge on any atom is 0.330 e. The summed E-state index contributed by atoms with van der Waals surface area (Å²) in [5, 5.41) is 0. The molecule has 4 aliphatic carbocycles. The highest BCUT2D eigenvalue weighted by molar-refractivity contribution is 7.98. The second-order valence-corrected chi connectivity index (χ2v) is 10.3. The molecule has 168 valence electrons. The fourth-order valence-electron chi connectivity index (χ4n) is 6.01. The molecule has 0 unspecified atom stereocenters. The minimum atomic E-state index is -0.998. The number of ether oxygens (including phenoxy) is 1. The number of Topliss-reactive ketones (excluding diaryl/α,β-unsaturated/α-hetero) is 1. The second kappa shape index (κ2) is 8.18. The third kappa shape index (κ3) is 3.33. The number of likely N-dealkylation sites (tertiary alicyclic amines) is 1. The van der Waals surface area contributed by atoms with Crippen LogP contribution in [0.3, 0.4) is 0 Å². The highest BCUT2D eigenvalue weighted by Gasteiger charge is 2.68. The summed E-state index contributed by atoms with van der Waals surface area (Å²) in [6.07, 6.45) is 6.55. The van der Waals surface area contributed by atoms with Crippen LogP contribution in [-0.4, -0.2) is 52.6 Å². The van der Waals surface area contributed by atoms with Gasteiger partial charge in [-0.15, -0.1) is 0 Å². The number of thioether (sulfide) groups is 1. The van der Waals surface area contributed by atoms with Crippen LogP contribution in [0.4, 0.5) is 0 Å². The first-order valence-corrected chi connectivity index (χ1v) is 12.7. The van der Waals surface area contributed by atoms with E-state index >= 15 is 0 Å². The van der Waals surface area contributed by atoms with E-state index in [0.29, 0.717) is 29.6 Å². The molecule has 1 aliphatic heterocycles. The summed E-state index contributed by atoms with van der Waals surface area (Å²) < 4.78 is 5.53. The average molecular weight is 454 g/mol. The van der Waals surface area contributed by atoms with Crippen molar-refractivity contribution < 1.29 is 23.9 Å². The van der Waals surface area contributed by atoms with Gasteiger partial charge in [-0.1, -0.05) is 42.5 Å². The summed E-state index contributed by atoms with van der Waals surface area (Å²) >= 11 is 1.54. The van der Waals surface area contributed by atoms with Gasteiger partial charge in [0, 0.05) is 5.56 Å². The van der Waals surface area contributed by atoms with Crippen LogP contribution in [0, 0.1) is 35.5 Å². The van der Waals surface area contributed by atoms with Crippen LogP contribution in [-0.2, 0) is 19.1 Å². The van der Waals surface area contributed by atoms with E-state index < -0.39 is 18.1 Å². The van der Waals surface area contributed by atoms with Gasteiger partial charge in [0.2, 0.25) is 17.6 Å². The molecule has 2 amide bonds. The van der Waals surface area contributed by atoms with Gasteiger partial charge in [-0.25, -0.2) is 4.79 Å². The first kappa shape index (κ1) is 21.4. The smallest absolute Gasteiger partial charge is 0.330 e. The van der Waals surface area contributed by atoms with Crippen molar-refractivity contribution in [2.45, 2.75) is 31.9 Å². The predicted octanol–water partition coefficient (Wildman–Crippen LogP) is 2.98. The third-order valence-electron chi connectivity index (χ3n) is 7.60. The molecule has 1 aromatic carbocycles. The van der Waals surface area contributed by atoms with Crippen molar-refractivity contribution in [3.8, 4) is 0 Å². The Labute approximate surface area is 191 Å². The minimum absolute atomic E-state index is 0.104. The monoisotopic (exact) mass is 453 g/mol. The number of imide groups is 1. The maximum absolute atomic E-state index is 13.4. The topological polar surface area (TPSA) is 80.8 Å². The van der Waals surface area contributed by atoms with Gasteiger partial charge in [0.25, 0.3) is 0 Å². The molecular formula is C25H27NO5S. The van der Waals surface area contributed by atoms with Gasteiger partial charge in [-0.3, -0.25) is 19.3 Å². The highest BCUT2D eigenvalue weighted by Crippen LogP contribution is 2.65. The lowest BCUT2D eigenvalue weighted by Gasteiger charge is -2.37. The summed E-state index contributed by atoms with van der Waals surface area (Å²) in [4.78, 5) is 53.9. The Kier molecular flexibility index (Phi) is 5.48. The number of hydrogen-bond acceptors (Lipinski definition) is 6. The van der Waals surface area contributed by atoms with Crippen molar-refractivity contribution in [1.29, 1.82) is 0 Å². The van der Waals surface area contributed by atoms with Crippen LogP contribution in [0.15, 0.2) is 42.5 Å². The van der Waals surface area contributed by atoms with E-state index in [2.05, 4.69) is 12.2 Å². The summed E-state index contributed by atoms with van der Waals surface area (Å²) in [5.74, 6) is -0.360. The lowest BCUT2D eigenvalue weighted by atomic mass is 9.63. The molecular weight excluding hydrogens is 426 g/mol. The number of esters is 1. The van der Waals surface area contributed by atoms with E-state index in [1.165, 1.54) is 11.8 Å². The largest absolute Gasteiger partial charge is 0.453 e. The molecule has 0 spiro atoms. The molecule has 1 aromatic rings. The Bertz CT molecular complexity index is 955. The van der Waals surface area contributed by atoms with E-state index in [9.17, 15) is 19.2 Å². The van der Waals surface area contributed by atoms with Crippen LogP contribution in [0.2, 0.25) is 0 Å². The van der Waals surface area contributed by atoms with Crippen molar-refractivity contribution in [1.82, 2.24) is 4.90 Å². The van der Waals surface area contributed by atoms with E-state index in [1.807, 2.05) is 12.3 Å². The SMILES string of the molecule is CSCC[C@H](C(=O)O[C@@H](C)C(=O)c1ccccc1)N1C(=O)[C@@H]2[C@@H]3C=C[C@H]([C@H]4C[C@H]34)[C@@H]2C1=O. The molecule has 2 saturated carbocycles. The first-order chi connectivity index (χ1) is 15.4. The zero-order valence-electron chi connectivity index (χ0n) is 18.2. The zero-order valence-corrected chi connectivity index (χ0v) is 19.0. The standard InChI is InChI=1S/C25H27NO5S/c1-13(22(27)14-6-4-3-5-7-14)31-25(30)19(10-11-32-2)26-23(28)20-15-8-9-16(18-12-17(15)18)21(20)24(26)29/h3-9,13,15-21H,10-12H2,1-2H3/t13-,15+,16+,17+,18+,19+,20-,21+/m0/s1. The molecule has 3 fully saturated rings. The van der Waals surface area contributed by atoms with Gasteiger partial charge in [0.15, 0.2) is 6.10 Å². The molecule has 6 nitrogen and oxygen atoms in total. The molecule has 0 N–H and O–H groups in total. The normalized spacial score (nSPS) is 33.5. The fourth-order valence-corrected chi connectivity index (χ4v) is 6.47. The number of carbonyl (C=O) groups excluding carboxylic acids is 4. The van der Waals surface area contributed by atoms with Gasteiger partial charge in [-0.2, -0.15) is 11.8 Å². The van der Waals surface area contributed by atoms with Crippen molar-refractivity contribution in [3.05, 3.63) is 48.0 Å². The summed E-state index contributed by atoms with van der Waals surface area (Å²) in [6.45, 7) is 1.53. The number of hydrogen-bond donors (Lipinski definition) is 0. The molecule has 6 rings (SSSR count). The van der Waals surface area contributed by atoms with E-state index in [-0.39, 0.29) is 41.3 Å². The fraction of sp³-hybridized carbons (Fsp3) is 0.520. The van der Waals surface area contributed by atoms with Gasteiger partial charge in [0.05, 0.1) is 11.8 Å². The van der Waals surface area contributed by atoms with Crippen molar-refractivity contribution >= 4 is 35.3 Å². The van der Waals surface area contributed by atoms with E-state index in [0.717, 1.165) is 6.42 Å². The molecule has 8 atom stereocenters. The minimum Gasteiger partial charge on any atom is -0.453 e. The summed E-state index contributed by atoms with van der Waals surface area (Å²) in [7, 11) is 0. The van der Waals surface area contributed by atoms with Crippen LogP contribution >= 0.6 is 11.8 Å². The van der Waals surface area contributed by atoms with Gasteiger partial charge in [0.1, 0.15) is 6.04 Å². The molecule has 1 heterocycles. The van der Waals surface area contributed by atoms with Crippen molar-refractivity contribution in [2.75, 3.05) is 12.0 Å². The Morgan fingerprint density at radius 3 is 2.22 bits per heavy atom. The number of carbonyl (C=O) groups is 4. The summed E-state index contributed by atoms with van der Waals surface area (Å²) in [6, 6.07) is 7.66. The Balaban J connectivity index is 1.36. The number of allylic oxidation sites excluding steroid dienone is 2. The lowest BCUT2D eigenvalue weighted by molar-refractivity contribution is -0.160. The van der Waals surface area contributed by atoms with Gasteiger partial charge < -0.3 is 4.74 Å². The number of ketones is 1. The van der Waals surface area contributed by atoms with Gasteiger partial charge in [-0.05, 0) is 55.4 Å². The molecule has 0 aromatic heterocycles. The molecule has 0 radical (unpaired) electrons. The highest BCUT2D eigenvalue weighted by atomic mass is 32.2. The molecule has 5 aliphatic rings. The van der Waals surface area contributed by atoms with Gasteiger partial charge >= 0.3 is 5.97 Å². The average Bonchev–Trinajstić information content (AvgIpc) is 3.59. The number of rotatable bonds is 8. The quantitative estimate of drug-likeness (QED) is 0.261. The molecule has 1 saturated heterocycles.